The van der Waals surface area contributed by atoms with Gasteiger partial charge >= 0.3 is 0 Å². The fraction of sp³-hybridized carbons (Fsp3) is 0.240. The highest BCUT2D eigenvalue weighted by Gasteiger charge is 2.28. The number of hydrogen-bond acceptors (Lipinski definition) is 5. The van der Waals surface area contributed by atoms with Gasteiger partial charge in [-0.1, -0.05) is 40.9 Å². The summed E-state index contributed by atoms with van der Waals surface area (Å²) in [4.78, 5) is 13.1. The Morgan fingerprint density at radius 2 is 1.60 bits per heavy atom. The lowest BCUT2D eigenvalue weighted by Crippen LogP contribution is -2.41. The van der Waals surface area contributed by atoms with E-state index in [-0.39, 0.29) is 20.6 Å². The van der Waals surface area contributed by atoms with Gasteiger partial charge in [0.1, 0.15) is 18.0 Å². The number of aryl methyl sites for hydroxylation is 1. The summed E-state index contributed by atoms with van der Waals surface area (Å²) < 4.78 is 38.8. The van der Waals surface area contributed by atoms with Crippen LogP contribution >= 0.6 is 23.2 Å². The maximum atomic E-state index is 13.6. The van der Waals surface area contributed by atoms with Crippen LogP contribution in [0.4, 0.5) is 5.69 Å². The minimum atomic E-state index is -4.11. The van der Waals surface area contributed by atoms with Crippen molar-refractivity contribution in [3.8, 4) is 11.5 Å². The zero-order valence-electron chi connectivity index (χ0n) is 19.7. The van der Waals surface area contributed by atoms with Crippen molar-refractivity contribution in [3.05, 3.63) is 81.8 Å². The molecule has 0 bridgehead atoms. The Labute approximate surface area is 215 Å². The van der Waals surface area contributed by atoms with E-state index in [1.54, 1.807) is 44.4 Å². The van der Waals surface area contributed by atoms with Gasteiger partial charge in [-0.25, -0.2) is 8.42 Å². The molecule has 1 amide bonds. The first-order valence-electron chi connectivity index (χ1n) is 10.6. The first-order valence-corrected chi connectivity index (χ1v) is 12.8. The van der Waals surface area contributed by atoms with Crippen LogP contribution in [-0.2, 0) is 14.8 Å². The van der Waals surface area contributed by atoms with Gasteiger partial charge in [0.05, 0.1) is 30.8 Å². The molecule has 0 radical (unpaired) electrons. The number of nitrogens with zero attached hydrogens (tertiary/aromatic N) is 1. The van der Waals surface area contributed by atoms with Gasteiger partial charge in [-0.2, -0.15) is 0 Å². The lowest BCUT2D eigenvalue weighted by atomic mass is 10.1. The first-order chi connectivity index (χ1) is 16.5. The number of rotatable bonds is 9. The highest BCUT2D eigenvalue weighted by molar-refractivity contribution is 7.92. The average Bonchev–Trinajstić information content (AvgIpc) is 2.81. The first kappa shape index (κ1) is 26.7. The molecule has 0 unspecified atom stereocenters. The van der Waals surface area contributed by atoms with Gasteiger partial charge in [-0.05, 0) is 62.4 Å². The zero-order valence-corrected chi connectivity index (χ0v) is 22.0. The second-order valence-corrected chi connectivity index (χ2v) is 10.6. The van der Waals surface area contributed by atoms with Crippen LogP contribution in [0.5, 0.6) is 11.5 Å². The molecule has 3 aromatic carbocycles. The lowest BCUT2D eigenvalue weighted by Gasteiger charge is -2.26. The van der Waals surface area contributed by atoms with E-state index in [4.69, 9.17) is 32.7 Å². The van der Waals surface area contributed by atoms with E-state index in [0.29, 0.717) is 17.1 Å². The molecule has 7 nitrogen and oxygen atoms in total. The van der Waals surface area contributed by atoms with Crippen molar-refractivity contribution in [2.24, 2.45) is 0 Å². The number of hydrogen-bond donors (Lipinski definition) is 1. The van der Waals surface area contributed by atoms with E-state index in [1.165, 1.54) is 37.4 Å². The number of nitrogens with one attached hydrogen (secondary N) is 1. The Bertz CT molecular complexity index is 1290. The Morgan fingerprint density at radius 1 is 0.971 bits per heavy atom. The van der Waals surface area contributed by atoms with E-state index in [9.17, 15) is 13.2 Å². The van der Waals surface area contributed by atoms with E-state index < -0.39 is 28.5 Å². The summed E-state index contributed by atoms with van der Waals surface area (Å²) in [6, 6.07) is 15.5. The third-order valence-electron chi connectivity index (χ3n) is 5.31. The van der Waals surface area contributed by atoms with Gasteiger partial charge in [-0.15, -0.1) is 0 Å². The molecule has 0 spiro atoms. The molecule has 0 aromatic heterocycles. The smallest absolute Gasteiger partial charge is 0.264 e. The SMILES string of the molecule is COc1ccc(OC)c([C@H](C)NC(=O)CN(c2cc(Cl)cc(Cl)c2)S(=O)(=O)c2ccc(C)cc2)c1. The summed E-state index contributed by atoms with van der Waals surface area (Å²) >= 11 is 12.3. The van der Waals surface area contributed by atoms with Crippen molar-refractivity contribution in [1.82, 2.24) is 5.32 Å². The predicted octanol–water partition coefficient (Wildman–Crippen LogP) is 5.39. The molecular formula is C25H26Cl2N2O5S. The van der Waals surface area contributed by atoms with Crippen LogP contribution in [0.15, 0.2) is 65.6 Å². The molecule has 0 saturated heterocycles. The fourth-order valence-electron chi connectivity index (χ4n) is 3.51. The van der Waals surface area contributed by atoms with Crippen LogP contribution in [0.3, 0.4) is 0 Å². The third kappa shape index (κ3) is 6.39. The van der Waals surface area contributed by atoms with Crippen LogP contribution in [-0.4, -0.2) is 35.1 Å². The molecule has 186 valence electrons. The van der Waals surface area contributed by atoms with Crippen molar-refractivity contribution in [2.75, 3.05) is 25.1 Å². The van der Waals surface area contributed by atoms with Gasteiger partial charge in [0, 0.05) is 15.6 Å². The normalized spacial score (nSPS) is 12.1. The van der Waals surface area contributed by atoms with Gasteiger partial charge < -0.3 is 14.8 Å². The van der Waals surface area contributed by atoms with E-state index in [1.807, 2.05) is 6.92 Å². The maximum absolute atomic E-state index is 13.6. The van der Waals surface area contributed by atoms with Gasteiger partial charge in [0.2, 0.25) is 5.91 Å². The van der Waals surface area contributed by atoms with Crippen molar-refractivity contribution in [2.45, 2.75) is 24.8 Å². The topological polar surface area (TPSA) is 84.9 Å². The molecule has 0 heterocycles. The second-order valence-electron chi connectivity index (χ2n) is 7.85. The highest BCUT2D eigenvalue weighted by Crippen LogP contribution is 2.31. The quantitative estimate of drug-likeness (QED) is 0.396. The molecule has 3 aromatic rings. The molecule has 0 aliphatic carbocycles. The average molecular weight is 537 g/mol. The van der Waals surface area contributed by atoms with Crippen molar-refractivity contribution in [3.63, 3.8) is 0 Å². The summed E-state index contributed by atoms with van der Waals surface area (Å²) in [6.45, 7) is 3.13. The minimum Gasteiger partial charge on any atom is -0.497 e. The molecular weight excluding hydrogens is 511 g/mol. The zero-order chi connectivity index (χ0) is 25.8. The number of methoxy groups -OCH3 is 2. The van der Waals surface area contributed by atoms with Gasteiger partial charge in [-0.3, -0.25) is 9.10 Å². The minimum absolute atomic E-state index is 0.0366. The summed E-state index contributed by atoms with van der Waals surface area (Å²) in [5, 5.41) is 3.32. The van der Waals surface area contributed by atoms with Crippen LogP contribution < -0.4 is 19.1 Å². The van der Waals surface area contributed by atoms with E-state index >= 15 is 0 Å². The van der Waals surface area contributed by atoms with Crippen molar-refractivity contribution in [1.29, 1.82) is 0 Å². The third-order valence-corrected chi connectivity index (χ3v) is 7.54. The number of benzene rings is 3. The van der Waals surface area contributed by atoms with Crippen LogP contribution in [0.25, 0.3) is 0 Å². The molecule has 0 saturated carbocycles. The molecule has 1 atom stereocenters. The Morgan fingerprint density at radius 3 is 2.17 bits per heavy atom. The Balaban J connectivity index is 1.95. The van der Waals surface area contributed by atoms with E-state index in [0.717, 1.165) is 9.87 Å². The van der Waals surface area contributed by atoms with Crippen LogP contribution in [0, 0.1) is 6.92 Å². The predicted molar refractivity (Wildman–Crippen MR) is 138 cm³/mol. The van der Waals surface area contributed by atoms with Gasteiger partial charge in [0.15, 0.2) is 0 Å². The van der Waals surface area contributed by atoms with Crippen LogP contribution in [0.2, 0.25) is 10.0 Å². The lowest BCUT2D eigenvalue weighted by molar-refractivity contribution is -0.120. The second kappa shape index (κ2) is 11.2. The largest absolute Gasteiger partial charge is 0.497 e. The molecule has 3 rings (SSSR count). The molecule has 1 N–H and O–H groups in total. The number of anilines is 1. The number of ether oxygens (including phenoxy) is 2. The number of sulfonamides is 1. The van der Waals surface area contributed by atoms with E-state index in [2.05, 4.69) is 5.32 Å². The van der Waals surface area contributed by atoms with Crippen LogP contribution in [0.1, 0.15) is 24.1 Å². The number of carbonyl (C=O) groups excluding carboxylic acids is 1. The highest BCUT2D eigenvalue weighted by atomic mass is 35.5. The molecule has 10 heteroatoms. The molecule has 35 heavy (non-hydrogen) atoms. The summed E-state index contributed by atoms with van der Waals surface area (Å²) in [6.07, 6.45) is 0. The summed E-state index contributed by atoms with van der Waals surface area (Å²) in [7, 11) is -1.05. The summed E-state index contributed by atoms with van der Waals surface area (Å²) in [5.74, 6) is 0.623. The summed E-state index contributed by atoms with van der Waals surface area (Å²) in [5.41, 5.74) is 1.75. The number of halogens is 2. The monoisotopic (exact) mass is 536 g/mol. The maximum Gasteiger partial charge on any atom is 0.264 e. The fourth-order valence-corrected chi connectivity index (χ4v) is 5.43. The molecule has 0 aliphatic rings. The molecule has 0 fully saturated rings. The van der Waals surface area contributed by atoms with Gasteiger partial charge in [0.25, 0.3) is 10.0 Å². The number of carbonyl (C=O) groups is 1. The Kier molecular flexibility index (Phi) is 8.53. The Hall–Kier alpha value is -2.94. The molecule has 0 aliphatic heterocycles. The van der Waals surface area contributed by atoms with Crippen molar-refractivity contribution >= 4 is 44.8 Å². The number of amides is 1. The van der Waals surface area contributed by atoms with Crippen molar-refractivity contribution < 1.29 is 22.7 Å². The standard InChI is InChI=1S/C25H26Cl2N2O5S/c1-16-5-8-22(9-6-16)35(31,32)29(20-12-18(26)11-19(27)13-20)15-25(30)28-17(2)23-14-21(33-3)7-10-24(23)34-4/h5-14,17H,15H2,1-4H3,(H,28,30)/t17-/m0/s1.